The molecule has 5 N–H and O–H groups in total. The normalized spacial score (nSPS) is 16.7. The van der Waals surface area contributed by atoms with E-state index in [1.54, 1.807) is 24.3 Å². The molecule has 12 heteroatoms. The van der Waals surface area contributed by atoms with E-state index in [1.165, 1.54) is 24.3 Å². The third-order valence-electron chi connectivity index (χ3n) is 7.05. The van der Waals surface area contributed by atoms with Gasteiger partial charge in [0.15, 0.2) is 0 Å². The fraction of sp³-hybridized carbons (Fsp3) is 0.452. The average molecular weight is 599 g/mol. The molecule has 2 aromatic rings. The summed E-state index contributed by atoms with van der Waals surface area (Å²) in [7, 11) is 0. The van der Waals surface area contributed by atoms with Crippen molar-refractivity contribution in [2.75, 3.05) is 6.54 Å². The first-order chi connectivity index (χ1) is 20.5. The number of nitrogens with one attached hydrogen (secondary N) is 4. The Morgan fingerprint density at radius 2 is 1.58 bits per heavy atom. The molecular weight excluding hydrogens is 559 g/mol. The first-order valence-corrected chi connectivity index (χ1v) is 14.3. The quantitative estimate of drug-likeness (QED) is 0.223. The Labute approximate surface area is 249 Å². The summed E-state index contributed by atoms with van der Waals surface area (Å²) in [5.74, 6) is -4.07. The minimum absolute atomic E-state index is 0.0306. The van der Waals surface area contributed by atoms with Gasteiger partial charge in [0.05, 0.1) is 0 Å². The van der Waals surface area contributed by atoms with Crippen molar-refractivity contribution in [3.63, 3.8) is 0 Å². The van der Waals surface area contributed by atoms with Crippen molar-refractivity contribution < 1.29 is 38.2 Å². The van der Waals surface area contributed by atoms with Gasteiger partial charge in [-0.05, 0) is 54.9 Å². The summed E-state index contributed by atoms with van der Waals surface area (Å²) in [6.07, 6.45) is 0.408. The maximum Gasteiger partial charge on any atom is 0.408 e. The van der Waals surface area contributed by atoms with Crippen LogP contribution in [-0.4, -0.2) is 59.6 Å². The molecule has 1 heterocycles. The van der Waals surface area contributed by atoms with Crippen molar-refractivity contribution in [1.82, 2.24) is 21.3 Å². The summed E-state index contributed by atoms with van der Waals surface area (Å²) in [6.45, 7) is 4.16. The number of aliphatic carboxylic acids is 1. The molecule has 0 saturated carbocycles. The monoisotopic (exact) mass is 598 g/mol. The van der Waals surface area contributed by atoms with Gasteiger partial charge >= 0.3 is 12.1 Å². The van der Waals surface area contributed by atoms with Crippen molar-refractivity contribution in [1.29, 1.82) is 0 Å². The Morgan fingerprint density at radius 3 is 2.21 bits per heavy atom. The lowest BCUT2D eigenvalue weighted by Gasteiger charge is -2.27. The van der Waals surface area contributed by atoms with Crippen LogP contribution in [0.5, 0.6) is 0 Å². The number of carbonyl (C=O) groups excluding carboxylic acids is 4. The number of hydrogen-bond acceptors (Lipinski definition) is 6. The summed E-state index contributed by atoms with van der Waals surface area (Å²) < 4.78 is 18.8. The largest absolute Gasteiger partial charge is 0.480 e. The molecular formula is C31H39FN4O7. The molecule has 4 amide bonds. The minimum Gasteiger partial charge on any atom is -0.480 e. The van der Waals surface area contributed by atoms with Crippen molar-refractivity contribution in [2.24, 2.45) is 11.8 Å². The molecule has 0 aliphatic carbocycles. The van der Waals surface area contributed by atoms with Crippen LogP contribution >= 0.6 is 0 Å². The Kier molecular flexibility index (Phi) is 12.5. The number of ether oxygens (including phenoxy) is 1. The first-order valence-electron chi connectivity index (χ1n) is 14.3. The maximum atomic E-state index is 13.5. The van der Waals surface area contributed by atoms with Crippen LogP contribution in [0.3, 0.4) is 0 Å². The van der Waals surface area contributed by atoms with E-state index in [9.17, 15) is 33.5 Å². The molecule has 3 unspecified atom stereocenters. The Bertz CT molecular complexity index is 1260. The summed E-state index contributed by atoms with van der Waals surface area (Å²) in [5, 5.41) is 20.1. The summed E-state index contributed by atoms with van der Waals surface area (Å²) in [5.41, 5.74) is 1.29. The van der Waals surface area contributed by atoms with Gasteiger partial charge in [0.1, 0.15) is 30.5 Å². The fourth-order valence-corrected chi connectivity index (χ4v) is 4.79. The van der Waals surface area contributed by atoms with Gasteiger partial charge in [-0.2, -0.15) is 0 Å². The summed E-state index contributed by atoms with van der Waals surface area (Å²) >= 11 is 0. The number of carboxylic acids is 1. The summed E-state index contributed by atoms with van der Waals surface area (Å²) in [6, 6.07) is 10.7. The third kappa shape index (κ3) is 11.0. The average Bonchev–Trinajstić information content (AvgIpc) is 2.97. The lowest BCUT2D eigenvalue weighted by Crippen LogP contribution is -2.57. The van der Waals surface area contributed by atoms with E-state index in [4.69, 9.17) is 4.74 Å². The van der Waals surface area contributed by atoms with E-state index in [-0.39, 0.29) is 37.7 Å². The number of alkyl carbamates (subject to hydrolysis) is 1. The predicted octanol–water partition coefficient (Wildman–Crippen LogP) is 2.68. The van der Waals surface area contributed by atoms with E-state index >= 15 is 0 Å². The maximum absolute atomic E-state index is 13.5. The highest BCUT2D eigenvalue weighted by Crippen LogP contribution is 2.18. The van der Waals surface area contributed by atoms with Gasteiger partial charge in [-0.15, -0.1) is 0 Å². The molecule has 4 atom stereocenters. The van der Waals surface area contributed by atoms with E-state index in [2.05, 4.69) is 21.3 Å². The Morgan fingerprint density at radius 1 is 0.930 bits per heavy atom. The Hall–Kier alpha value is -4.48. The highest BCUT2D eigenvalue weighted by atomic mass is 19.1. The molecule has 232 valence electrons. The second-order valence-corrected chi connectivity index (χ2v) is 11.0. The first kappa shape index (κ1) is 33.0. The van der Waals surface area contributed by atoms with E-state index in [0.717, 1.165) is 5.56 Å². The molecule has 0 bridgehead atoms. The van der Waals surface area contributed by atoms with E-state index in [1.807, 2.05) is 19.9 Å². The highest BCUT2D eigenvalue weighted by Gasteiger charge is 2.33. The number of carboxylic acid groups (broad SMARTS) is 1. The molecule has 1 fully saturated rings. The van der Waals surface area contributed by atoms with Crippen LogP contribution in [0, 0.1) is 17.7 Å². The van der Waals surface area contributed by atoms with Crippen LogP contribution in [0.2, 0.25) is 0 Å². The standard InChI is InChI=1S/C31H39FN4O7/c1-19(2)15-24(28(38)35-26(30(40)41)17-22-9-6-14-33-27(22)37)34-29(39)25(16-20-10-12-23(32)13-11-20)36-31(42)43-18-21-7-4-3-5-8-21/h3-5,7-8,10-13,19,22,24-26H,6,9,14-18H2,1-2H3,(H,33,37)(H,34,39)(H,35,38)(H,36,42)(H,40,41)/t22-,24?,25?,26?/m0/s1. The molecule has 0 radical (unpaired) electrons. The van der Waals surface area contributed by atoms with Crippen molar-refractivity contribution >= 4 is 29.8 Å². The van der Waals surface area contributed by atoms with Crippen LogP contribution in [0.25, 0.3) is 0 Å². The van der Waals surface area contributed by atoms with Crippen molar-refractivity contribution in [3.8, 4) is 0 Å². The van der Waals surface area contributed by atoms with Gasteiger partial charge < -0.3 is 31.1 Å². The van der Waals surface area contributed by atoms with Gasteiger partial charge in [-0.3, -0.25) is 14.4 Å². The number of amides is 4. The molecule has 1 aliphatic heterocycles. The van der Waals surface area contributed by atoms with Crippen LogP contribution in [0.1, 0.15) is 50.7 Å². The van der Waals surface area contributed by atoms with Gasteiger partial charge in [0.2, 0.25) is 17.7 Å². The number of benzene rings is 2. The second-order valence-electron chi connectivity index (χ2n) is 11.0. The zero-order chi connectivity index (χ0) is 31.4. The van der Waals surface area contributed by atoms with Crippen LogP contribution in [0.15, 0.2) is 54.6 Å². The highest BCUT2D eigenvalue weighted by molar-refractivity contribution is 5.93. The molecule has 1 aliphatic rings. The molecule has 1 saturated heterocycles. The molecule has 3 rings (SSSR count). The number of piperidine rings is 1. The van der Waals surface area contributed by atoms with Gasteiger partial charge in [0, 0.05) is 18.9 Å². The molecule has 43 heavy (non-hydrogen) atoms. The van der Waals surface area contributed by atoms with E-state index in [0.29, 0.717) is 24.9 Å². The molecule has 11 nitrogen and oxygen atoms in total. The summed E-state index contributed by atoms with van der Waals surface area (Å²) in [4.78, 5) is 63.6. The van der Waals surface area contributed by atoms with Crippen LogP contribution in [-0.2, 0) is 36.9 Å². The fourth-order valence-electron chi connectivity index (χ4n) is 4.79. The van der Waals surface area contributed by atoms with Crippen molar-refractivity contribution in [2.45, 2.75) is 70.7 Å². The van der Waals surface area contributed by atoms with Crippen LogP contribution in [0.4, 0.5) is 9.18 Å². The third-order valence-corrected chi connectivity index (χ3v) is 7.05. The number of hydrogen-bond donors (Lipinski definition) is 5. The lowest BCUT2D eigenvalue weighted by atomic mass is 9.91. The topological polar surface area (TPSA) is 163 Å². The smallest absolute Gasteiger partial charge is 0.408 e. The lowest BCUT2D eigenvalue weighted by molar-refractivity contribution is -0.143. The van der Waals surface area contributed by atoms with E-state index < -0.39 is 53.7 Å². The number of carbonyl (C=O) groups is 5. The SMILES string of the molecule is CC(C)CC(NC(=O)C(Cc1ccc(F)cc1)NC(=O)OCc1ccccc1)C(=O)NC(C[C@@H]1CCCNC1=O)C(=O)O. The zero-order valence-corrected chi connectivity index (χ0v) is 24.3. The zero-order valence-electron chi connectivity index (χ0n) is 24.3. The predicted molar refractivity (Wildman–Crippen MR) is 155 cm³/mol. The van der Waals surface area contributed by atoms with Gasteiger partial charge in [-0.1, -0.05) is 56.3 Å². The molecule has 0 spiro atoms. The second kappa shape index (κ2) is 16.2. The Balaban J connectivity index is 1.72. The molecule has 2 aromatic carbocycles. The van der Waals surface area contributed by atoms with Crippen LogP contribution < -0.4 is 21.3 Å². The number of rotatable bonds is 14. The van der Waals surface area contributed by atoms with Gasteiger partial charge in [-0.25, -0.2) is 14.0 Å². The van der Waals surface area contributed by atoms with Crippen molar-refractivity contribution in [3.05, 3.63) is 71.5 Å². The number of halogens is 1. The van der Waals surface area contributed by atoms with Gasteiger partial charge in [0.25, 0.3) is 0 Å². The molecule has 0 aromatic heterocycles. The minimum atomic E-state index is -1.34.